The number of sulfonamides is 1. The third kappa shape index (κ3) is 3.48. The maximum Gasteiger partial charge on any atom is 0.264 e. The van der Waals surface area contributed by atoms with E-state index in [0.29, 0.717) is 10.6 Å². The Morgan fingerprint density at radius 3 is 2.27 bits per heavy atom. The summed E-state index contributed by atoms with van der Waals surface area (Å²) in [6, 6.07) is 14.6. The fourth-order valence-electron chi connectivity index (χ4n) is 1.92. The largest absolute Gasteiger partial charge is 0.273 e. The van der Waals surface area contributed by atoms with Gasteiger partial charge in [-0.2, -0.15) is 0 Å². The van der Waals surface area contributed by atoms with Gasteiger partial charge in [-0.05, 0) is 43.7 Å². The SMILES string of the molecule is CC(C)(C(=O)NS(=O)(=O)c1ccccc1)c1cccc(Cl)c1. The third-order valence-electron chi connectivity index (χ3n) is 3.39. The van der Waals surface area contributed by atoms with E-state index in [1.54, 1.807) is 56.3 Å². The van der Waals surface area contributed by atoms with Crippen LogP contribution in [0.4, 0.5) is 0 Å². The first-order valence-corrected chi connectivity index (χ1v) is 8.48. The van der Waals surface area contributed by atoms with Crippen LogP contribution in [-0.2, 0) is 20.2 Å². The van der Waals surface area contributed by atoms with E-state index in [2.05, 4.69) is 4.72 Å². The highest BCUT2D eigenvalue weighted by Crippen LogP contribution is 2.26. The van der Waals surface area contributed by atoms with Crippen molar-refractivity contribution in [2.75, 3.05) is 0 Å². The van der Waals surface area contributed by atoms with Crippen LogP contribution >= 0.6 is 11.6 Å². The van der Waals surface area contributed by atoms with Crippen molar-refractivity contribution in [1.29, 1.82) is 0 Å². The molecule has 0 fully saturated rings. The van der Waals surface area contributed by atoms with Crippen LogP contribution in [0.5, 0.6) is 0 Å². The number of hydrogen-bond donors (Lipinski definition) is 1. The Hall–Kier alpha value is -1.85. The molecule has 2 aromatic rings. The van der Waals surface area contributed by atoms with Gasteiger partial charge in [0.15, 0.2) is 0 Å². The van der Waals surface area contributed by atoms with E-state index in [1.165, 1.54) is 12.1 Å². The van der Waals surface area contributed by atoms with Crippen molar-refractivity contribution in [2.45, 2.75) is 24.2 Å². The van der Waals surface area contributed by atoms with E-state index >= 15 is 0 Å². The molecule has 0 bridgehead atoms. The number of rotatable bonds is 4. The summed E-state index contributed by atoms with van der Waals surface area (Å²) < 4.78 is 26.6. The fourth-order valence-corrected chi connectivity index (χ4v) is 3.24. The Morgan fingerprint density at radius 1 is 1.05 bits per heavy atom. The molecule has 116 valence electrons. The summed E-state index contributed by atoms with van der Waals surface area (Å²) in [4.78, 5) is 12.5. The maximum atomic E-state index is 12.4. The van der Waals surface area contributed by atoms with E-state index in [1.807, 2.05) is 0 Å². The summed E-state index contributed by atoms with van der Waals surface area (Å²) in [5.41, 5.74) is -0.395. The van der Waals surface area contributed by atoms with Crippen LogP contribution in [0.3, 0.4) is 0 Å². The topological polar surface area (TPSA) is 63.2 Å². The Kier molecular flexibility index (Phi) is 4.58. The fraction of sp³-hybridized carbons (Fsp3) is 0.188. The molecule has 0 atom stereocenters. The predicted octanol–water partition coefficient (Wildman–Crippen LogP) is 3.12. The first-order chi connectivity index (χ1) is 10.2. The van der Waals surface area contributed by atoms with Crippen LogP contribution in [0.1, 0.15) is 19.4 Å². The maximum absolute atomic E-state index is 12.4. The highest BCUT2D eigenvalue weighted by atomic mass is 35.5. The molecule has 0 saturated heterocycles. The first-order valence-electron chi connectivity index (χ1n) is 6.62. The molecule has 0 spiro atoms. The number of carbonyl (C=O) groups excluding carboxylic acids is 1. The first kappa shape index (κ1) is 16.5. The van der Waals surface area contributed by atoms with Crippen molar-refractivity contribution in [3.05, 3.63) is 65.2 Å². The molecule has 0 aromatic heterocycles. The summed E-state index contributed by atoms with van der Waals surface area (Å²) >= 11 is 5.93. The molecule has 0 radical (unpaired) electrons. The van der Waals surface area contributed by atoms with Crippen LogP contribution in [0.25, 0.3) is 0 Å². The molecule has 2 rings (SSSR count). The van der Waals surface area contributed by atoms with E-state index < -0.39 is 21.3 Å². The molecule has 0 aliphatic rings. The lowest BCUT2D eigenvalue weighted by atomic mass is 9.84. The average molecular weight is 338 g/mol. The normalized spacial score (nSPS) is 12.0. The second-order valence-corrected chi connectivity index (χ2v) is 7.50. The zero-order chi connectivity index (χ0) is 16.4. The number of amides is 1. The molecule has 0 heterocycles. The highest BCUT2D eigenvalue weighted by Gasteiger charge is 2.33. The van der Waals surface area contributed by atoms with Gasteiger partial charge in [0, 0.05) is 5.02 Å². The van der Waals surface area contributed by atoms with Crippen molar-refractivity contribution in [1.82, 2.24) is 4.72 Å². The van der Waals surface area contributed by atoms with Gasteiger partial charge in [-0.3, -0.25) is 4.79 Å². The van der Waals surface area contributed by atoms with Crippen LogP contribution in [0.15, 0.2) is 59.5 Å². The smallest absolute Gasteiger partial charge is 0.264 e. The minimum absolute atomic E-state index is 0.0465. The number of benzene rings is 2. The number of carbonyl (C=O) groups is 1. The standard InChI is InChI=1S/C16H16ClNO3S/c1-16(2,12-7-6-8-13(17)11-12)15(19)18-22(20,21)14-9-4-3-5-10-14/h3-11H,1-2H3,(H,18,19). The van der Waals surface area contributed by atoms with E-state index in [4.69, 9.17) is 11.6 Å². The zero-order valence-corrected chi connectivity index (χ0v) is 13.8. The van der Waals surface area contributed by atoms with Gasteiger partial charge < -0.3 is 0 Å². The molecule has 1 N–H and O–H groups in total. The van der Waals surface area contributed by atoms with Crippen molar-refractivity contribution in [3.63, 3.8) is 0 Å². The lowest BCUT2D eigenvalue weighted by molar-refractivity contribution is -0.123. The lowest BCUT2D eigenvalue weighted by Gasteiger charge is -2.24. The second-order valence-electron chi connectivity index (χ2n) is 5.38. The molecule has 0 saturated carbocycles. The minimum Gasteiger partial charge on any atom is -0.273 e. The summed E-state index contributed by atoms with van der Waals surface area (Å²) in [6.45, 7) is 3.29. The zero-order valence-electron chi connectivity index (χ0n) is 12.2. The van der Waals surface area contributed by atoms with Crippen LogP contribution in [-0.4, -0.2) is 14.3 Å². The monoisotopic (exact) mass is 337 g/mol. The molecule has 22 heavy (non-hydrogen) atoms. The third-order valence-corrected chi connectivity index (χ3v) is 4.98. The van der Waals surface area contributed by atoms with Gasteiger partial charge in [-0.15, -0.1) is 0 Å². The van der Waals surface area contributed by atoms with E-state index in [-0.39, 0.29) is 4.90 Å². The number of hydrogen-bond acceptors (Lipinski definition) is 3. The summed E-state index contributed by atoms with van der Waals surface area (Å²) in [5.74, 6) is -0.612. The molecule has 0 aliphatic carbocycles. The molecular formula is C16H16ClNO3S. The molecule has 0 unspecified atom stereocenters. The molecule has 6 heteroatoms. The predicted molar refractivity (Wildman–Crippen MR) is 86.2 cm³/mol. The van der Waals surface area contributed by atoms with Crippen LogP contribution in [0, 0.1) is 0 Å². The van der Waals surface area contributed by atoms with Crippen molar-refractivity contribution in [3.8, 4) is 0 Å². The average Bonchev–Trinajstić information content (AvgIpc) is 2.47. The lowest BCUT2D eigenvalue weighted by Crippen LogP contribution is -2.43. The Labute approximate surface area is 135 Å². The summed E-state index contributed by atoms with van der Waals surface area (Å²) in [5, 5.41) is 0.490. The van der Waals surface area contributed by atoms with Crippen molar-refractivity contribution >= 4 is 27.5 Å². The number of halogens is 1. The molecule has 4 nitrogen and oxygen atoms in total. The van der Waals surface area contributed by atoms with Crippen molar-refractivity contribution < 1.29 is 13.2 Å². The minimum atomic E-state index is -3.89. The van der Waals surface area contributed by atoms with Gasteiger partial charge in [0.25, 0.3) is 10.0 Å². The van der Waals surface area contributed by atoms with Gasteiger partial charge in [0.05, 0.1) is 10.3 Å². The van der Waals surface area contributed by atoms with Gasteiger partial charge >= 0.3 is 0 Å². The van der Waals surface area contributed by atoms with Crippen molar-refractivity contribution in [2.24, 2.45) is 0 Å². The van der Waals surface area contributed by atoms with Gasteiger partial charge in [0.1, 0.15) is 0 Å². The van der Waals surface area contributed by atoms with Crippen LogP contribution in [0.2, 0.25) is 5.02 Å². The quantitative estimate of drug-likeness (QED) is 0.932. The molecule has 0 aliphatic heterocycles. The van der Waals surface area contributed by atoms with Gasteiger partial charge in [0.2, 0.25) is 5.91 Å². The summed E-state index contributed by atoms with van der Waals surface area (Å²) in [6.07, 6.45) is 0. The van der Waals surface area contributed by atoms with E-state index in [0.717, 1.165) is 0 Å². The molecule has 1 amide bonds. The molecule has 2 aromatic carbocycles. The molecular weight excluding hydrogens is 322 g/mol. The Bertz CT molecular complexity index is 786. The number of nitrogens with one attached hydrogen (secondary N) is 1. The van der Waals surface area contributed by atoms with E-state index in [9.17, 15) is 13.2 Å². The highest BCUT2D eigenvalue weighted by molar-refractivity contribution is 7.90. The second kappa shape index (κ2) is 6.10. The van der Waals surface area contributed by atoms with Crippen LogP contribution < -0.4 is 4.72 Å². The Morgan fingerprint density at radius 2 is 1.68 bits per heavy atom. The Balaban J connectivity index is 2.28. The van der Waals surface area contributed by atoms with Gasteiger partial charge in [-0.1, -0.05) is 41.9 Å². The van der Waals surface area contributed by atoms with Gasteiger partial charge in [-0.25, -0.2) is 13.1 Å². The summed E-state index contributed by atoms with van der Waals surface area (Å²) in [7, 11) is -3.89.